The molecule has 1 saturated heterocycles. The van der Waals surface area contributed by atoms with Gasteiger partial charge >= 0.3 is 6.09 Å². The maximum absolute atomic E-state index is 13.9. The van der Waals surface area contributed by atoms with Crippen molar-refractivity contribution in [3.05, 3.63) is 70.0 Å². The molecule has 3 rings (SSSR count). The van der Waals surface area contributed by atoms with Crippen LogP contribution >= 0.6 is 11.6 Å². The number of para-hydroxylation sites is 1. The third-order valence-corrected chi connectivity index (χ3v) is 5.53. The van der Waals surface area contributed by atoms with Crippen LogP contribution in [0.1, 0.15) is 61.0 Å². The molecule has 170 valence electrons. The van der Waals surface area contributed by atoms with E-state index in [4.69, 9.17) is 16.3 Å². The first-order valence-corrected chi connectivity index (χ1v) is 10.9. The van der Waals surface area contributed by atoms with Gasteiger partial charge in [-0.25, -0.2) is 9.18 Å². The van der Waals surface area contributed by atoms with Crippen LogP contribution in [0.2, 0.25) is 5.02 Å². The van der Waals surface area contributed by atoms with Crippen molar-refractivity contribution in [2.75, 3.05) is 13.1 Å². The molecule has 5 nitrogen and oxygen atoms in total. The number of phenols is 1. The van der Waals surface area contributed by atoms with E-state index in [1.807, 2.05) is 20.8 Å². The number of hydrogen-bond acceptors (Lipinski definition) is 4. The van der Waals surface area contributed by atoms with Gasteiger partial charge in [0.05, 0.1) is 5.56 Å². The van der Waals surface area contributed by atoms with Gasteiger partial charge < -0.3 is 14.7 Å². The summed E-state index contributed by atoms with van der Waals surface area (Å²) in [5.41, 5.74) is 0.505. The van der Waals surface area contributed by atoms with Crippen molar-refractivity contribution < 1.29 is 23.8 Å². The number of carbonyl (C=O) groups is 2. The van der Waals surface area contributed by atoms with Gasteiger partial charge in [0.25, 0.3) is 0 Å². The first-order valence-electron chi connectivity index (χ1n) is 10.5. The molecule has 1 N–H and O–H groups in total. The summed E-state index contributed by atoms with van der Waals surface area (Å²) < 4.78 is 19.4. The van der Waals surface area contributed by atoms with E-state index in [9.17, 15) is 19.1 Å². The maximum Gasteiger partial charge on any atom is 0.410 e. The fourth-order valence-corrected chi connectivity index (χ4v) is 3.84. The highest BCUT2D eigenvalue weighted by Crippen LogP contribution is 2.36. The lowest BCUT2D eigenvalue weighted by molar-refractivity contribution is 0.0204. The Kier molecular flexibility index (Phi) is 7.24. The predicted molar refractivity (Wildman–Crippen MR) is 123 cm³/mol. The Morgan fingerprint density at radius 3 is 2.50 bits per heavy atom. The SMILES string of the molecule is CC(C)(C)OC(=O)N1CCC(c2cccc(C(=O)/C=C/c3ccc(Cl)cc3F)c2O)CC1. The zero-order valence-corrected chi connectivity index (χ0v) is 19.2. The van der Waals surface area contributed by atoms with Crippen LogP contribution in [-0.4, -0.2) is 40.6 Å². The molecule has 32 heavy (non-hydrogen) atoms. The van der Waals surface area contributed by atoms with E-state index in [-0.39, 0.29) is 33.9 Å². The van der Waals surface area contributed by atoms with Crippen molar-refractivity contribution >= 4 is 29.6 Å². The molecule has 1 fully saturated rings. The lowest BCUT2D eigenvalue weighted by Crippen LogP contribution is -2.41. The number of phenolic OH excluding ortho intramolecular Hbond substituents is 1. The molecule has 0 spiro atoms. The largest absolute Gasteiger partial charge is 0.507 e. The van der Waals surface area contributed by atoms with E-state index in [1.54, 1.807) is 23.1 Å². The second kappa shape index (κ2) is 9.74. The molecule has 0 bridgehead atoms. The van der Waals surface area contributed by atoms with E-state index in [0.29, 0.717) is 31.5 Å². The Balaban J connectivity index is 1.70. The van der Waals surface area contributed by atoms with Gasteiger partial charge in [0.15, 0.2) is 5.78 Å². The quantitative estimate of drug-likeness (QED) is 0.437. The minimum atomic E-state index is -0.552. The minimum absolute atomic E-state index is 0.0131. The summed E-state index contributed by atoms with van der Waals surface area (Å²) in [6.45, 7) is 6.50. The average molecular weight is 460 g/mol. The zero-order valence-electron chi connectivity index (χ0n) is 18.4. The summed E-state index contributed by atoms with van der Waals surface area (Å²) in [6.07, 6.45) is 3.55. The number of piperidine rings is 1. The van der Waals surface area contributed by atoms with Crippen LogP contribution in [0.15, 0.2) is 42.5 Å². The number of allylic oxidation sites excluding steroid dienone is 1. The van der Waals surface area contributed by atoms with Crippen molar-refractivity contribution in [2.24, 2.45) is 0 Å². The van der Waals surface area contributed by atoms with E-state index >= 15 is 0 Å². The Morgan fingerprint density at radius 2 is 1.88 bits per heavy atom. The van der Waals surface area contributed by atoms with E-state index < -0.39 is 17.2 Å². The van der Waals surface area contributed by atoms with Crippen LogP contribution in [0.25, 0.3) is 6.08 Å². The van der Waals surface area contributed by atoms with Gasteiger partial charge in [-0.1, -0.05) is 29.8 Å². The number of likely N-dealkylation sites (tertiary alicyclic amines) is 1. The zero-order chi connectivity index (χ0) is 23.5. The summed E-state index contributed by atoms with van der Waals surface area (Å²) >= 11 is 5.75. The van der Waals surface area contributed by atoms with Crippen LogP contribution in [0.5, 0.6) is 5.75 Å². The van der Waals surface area contributed by atoms with Gasteiger partial charge in [-0.15, -0.1) is 0 Å². The Hall–Kier alpha value is -2.86. The highest BCUT2D eigenvalue weighted by Gasteiger charge is 2.29. The molecule has 1 aliphatic heterocycles. The highest BCUT2D eigenvalue weighted by atomic mass is 35.5. The summed E-state index contributed by atoms with van der Waals surface area (Å²) in [5, 5.41) is 11.0. The summed E-state index contributed by atoms with van der Waals surface area (Å²) in [7, 11) is 0. The summed E-state index contributed by atoms with van der Waals surface area (Å²) in [6, 6.07) is 9.25. The molecule has 1 heterocycles. The lowest BCUT2D eigenvalue weighted by atomic mass is 9.87. The molecule has 1 aliphatic rings. The number of benzene rings is 2. The third-order valence-electron chi connectivity index (χ3n) is 5.30. The number of rotatable bonds is 4. The second-order valence-electron chi connectivity index (χ2n) is 8.85. The normalized spacial score (nSPS) is 15.2. The number of amides is 1. The molecular formula is C25H27ClFNO4. The average Bonchev–Trinajstić information content (AvgIpc) is 2.72. The number of nitrogens with zero attached hydrogens (tertiary/aromatic N) is 1. The minimum Gasteiger partial charge on any atom is -0.507 e. The van der Waals surface area contributed by atoms with Gasteiger partial charge in [0.1, 0.15) is 17.2 Å². The molecular weight excluding hydrogens is 433 g/mol. The molecule has 7 heteroatoms. The van der Waals surface area contributed by atoms with Crippen molar-refractivity contribution in [3.63, 3.8) is 0 Å². The molecule has 0 saturated carbocycles. The number of halogens is 2. The van der Waals surface area contributed by atoms with Crippen molar-refractivity contribution in [1.82, 2.24) is 4.90 Å². The number of carbonyl (C=O) groups excluding carboxylic acids is 2. The van der Waals surface area contributed by atoms with Gasteiger partial charge in [-0.05, 0) is 75.4 Å². The van der Waals surface area contributed by atoms with Crippen molar-refractivity contribution in [1.29, 1.82) is 0 Å². The standard InChI is InChI=1S/C25H27ClFNO4/c1-25(2,3)32-24(31)28-13-11-16(12-14-28)19-5-4-6-20(23(19)30)22(29)10-8-17-7-9-18(26)15-21(17)27/h4-10,15-16,30H,11-14H2,1-3H3/b10-8+. The van der Waals surface area contributed by atoms with Gasteiger partial charge in [-0.2, -0.15) is 0 Å². The molecule has 0 aliphatic carbocycles. The number of ether oxygens (including phenoxy) is 1. The summed E-state index contributed by atoms with van der Waals surface area (Å²) in [5.74, 6) is -1.02. The third kappa shape index (κ3) is 5.88. The van der Waals surface area contributed by atoms with Gasteiger partial charge in [0.2, 0.25) is 0 Å². The van der Waals surface area contributed by atoms with Crippen molar-refractivity contribution in [3.8, 4) is 5.75 Å². The van der Waals surface area contributed by atoms with Gasteiger partial charge in [-0.3, -0.25) is 4.79 Å². The first kappa shape index (κ1) is 23.8. The maximum atomic E-state index is 13.9. The predicted octanol–water partition coefficient (Wildman–Crippen LogP) is 6.20. The molecule has 0 aromatic heterocycles. The van der Waals surface area contributed by atoms with E-state index in [1.165, 1.54) is 30.4 Å². The van der Waals surface area contributed by atoms with Crippen LogP contribution in [0.4, 0.5) is 9.18 Å². The molecule has 1 amide bonds. The van der Waals surface area contributed by atoms with Gasteiger partial charge in [0, 0.05) is 23.7 Å². The van der Waals surface area contributed by atoms with Crippen LogP contribution < -0.4 is 0 Å². The van der Waals surface area contributed by atoms with Crippen molar-refractivity contribution in [2.45, 2.75) is 45.1 Å². The molecule has 0 unspecified atom stereocenters. The Morgan fingerprint density at radius 1 is 1.19 bits per heavy atom. The topological polar surface area (TPSA) is 66.8 Å². The molecule has 2 aromatic rings. The van der Waals surface area contributed by atoms with E-state index in [2.05, 4.69) is 0 Å². The number of hydrogen-bond donors (Lipinski definition) is 1. The fourth-order valence-electron chi connectivity index (χ4n) is 3.68. The smallest absolute Gasteiger partial charge is 0.410 e. The lowest BCUT2D eigenvalue weighted by Gasteiger charge is -2.33. The Bertz CT molecular complexity index is 1040. The molecule has 0 radical (unpaired) electrons. The highest BCUT2D eigenvalue weighted by molar-refractivity contribution is 6.30. The Labute approximate surface area is 192 Å². The number of aromatic hydroxyl groups is 1. The van der Waals surface area contributed by atoms with Crippen LogP contribution in [0.3, 0.4) is 0 Å². The summed E-state index contributed by atoms with van der Waals surface area (Å²) in [4.78, 5) is 26.6. The van der Waals surface area contributed by atoms with E-state index in [0.717, 1.165) is 0 Å². The first-order chi connectivity index (χ1) is 15.0. The monoisotopic (exact) mass is 459 g/mol. The number of ketones is 1. The molecule has 2 aromatic carbocycles. The second-order valence-corrected chi connectivity index (χ2v) is 9.28. The molecule has 0 atom stereocenters. The van der Waals surface area contributed by atoms with Crippen LogP contribution in [0, 0.1) is 5.82 Å². The van der Waals surface area contributed by atoms with Crippen LogP contribution in [-0.2, 0) is 4.74 Å². The fraction of sp³-hybridized carbons (Fsp3) is 0.360.